The van der Waals surface area contributed by atoms with Crippen molar-refractivity contribution in [3.8, 4) is 5.75 Å². The molecule has 0 fully saturated rings. The predicted octanol–water partition coefficient (Wildman–Crippen LogP) is 3.89. The van der Waals surface area contributed by atoms with Gasteiger partial charge in [0.05, 0.1) is 0 Å². The number of para-hydroxylation sites is 1. The summed E-state index contributed by atoms with van der Waals surface area (Å²) >= 11 is 0. The van der Waals surface area contributed by atoms with Gasteiger partial charge in [-0.3, -0.25) is 4.79 Å². The van der Waals surface area contributed by atoms with Crippen LogP contribution in [0.25, 0.3) is 5.57 Å². The quantitative estimate of drug-likeness (QED) is 0.834. The number of carboxylic acids is 1. The second-order valence-corrected chi connectivity index (χ2v) is 5.86. The van der Waals surface area contributed by atoms with Crippen LogP contribution in [0, 0.1) is 0 Å². The van der Waals surface area contributed by atoms with Crippen molar-refractivity contribution in [3.63, 3.8) is 0 Å². The van der Waals surface area contributed by atoms with E-state index >= 15 is 0 Å². The van der Waals surface area contributed by atoms with E-state index < -0.39 is 5.97 Å². The third-order valence-corrected chi connectivity index (χ3v) is 3.99. The molecule has 0 aliphatic heterocycles. The summed E-state index contributed by atoms with van der Waals surface area (Å²) in [5.74, 6) is -0.377. The van der Waals surface area contributed by atoms with E-state index in [0.29, 0.717) is 16.9 Å². The molecule has 0 saturated heterocycles. The molecular formula is C21H18O4. The number of ether oxygens (including phenoxy) is 1. The Morgan fingerprint density at radius 1 is 0.960 bits per heavy atom. The lowest BCUT2D eigenvalue weighted by molar-refractivity contribution is -0.132. The SMILES string of the molecule is O=C(COc1ccccc1)CC1=CC(c2ccccc2)=C(C(=O)O)C1. The summed E-state index contributed by atoms with van der Waals surface area (Å²) in [6.07, 6.45) is 2.30. The first-order chi connectivity index (χ1) is 12.1. The van der Waals surface area contributed by atoms with Crippen LogP contribution in [-0.2, 0) is 9.59 Å². The van der Waals surface area contributed by atoms with Crippen molar-refractivity contribution in [3.05, 3.63) is 83.4 Å². The van der Waals surface area contributed by atoms with Gasteiger partial charge in [0.15, 0.2) is 5.78 Å². The van der Waals surface area contributed by atoms with Crippen LogP contribution in [0.4, 0.5) is 0 Å². The average Bonchev–Trinajstić information content (AvgIpc) is 3.06. The number of ketones is 1. The van der Waals surface area contributed by atoms with Crippen LogP contribution in [-0.4, -0.2) is 23.5 Å². The molecule has 25 heavy (non-hydrogen) atoms. The van der Waals surface area contributed by atoms with Crippen molar-refractivity contribution in [2.45, 2.75) is 12.8 Å². The Balaban J connectivity index is 1.66. The Labute approximate surface area is 146 Å². The smallest absolute Gasteiger partial charge is 0.332 e. The molecule has 4 heteroatoms. The Morgan fingerprint density at radius 2 is 1.60 bits per heavy atom. The molecule has 126 valence electrons. The predicted molar refractivity (Wildman–Crippen MR) is 95.3 cm³/mol. The summed E-state index contributed by atoms with van der Waals surface area (Å²) in [6.45, 7) is -0.0234. The monoisotopic (exact) mass is 334 g/mol. The standard InChI is InChI=1S/C21H18O4/c22-17(14-25-18-9-5-2-6-10-18)11-15-12-19(20(13-15)21(23)24)16-7-3-1-4-8-16/h1-10,12H,11,13-14H2,(H,23,24). The van der Waals surface area contributed by atoms with E-state index in [1.807, 2.05) is 54.6 Å². The molecule has 0 aromatic heterocycles. The van der Waals surface area contributed by atoms with Gasteiger partial charge in [-0.1, -0.05) is 60.2 Å². The Bertz CT molecular complexity index is 833. The van der Waals surface area contributed by atoms with Gasteiger partial charge in [0.2, 0.25) is 0 Å². The van der Waals surface area contributed by atoms with Crippen molar-refractivity contribution >= 4 is 17.3 Å². The zero-order chi connectivity index (χ0) is 17.6. The van der Waals surface area contributed by atoms with Gasteiger partial charge in [0, 0.05) is 18.4 Å². The molecule has 0 atom stereocenters. The van der Waals surface area contributed by atoms with Crippen LogP contribution in [0.2, 0.25) is 0 Å². The molecule has 0 bridgehead atoms. The first-order valence-corrected chi connectivity index (χ1v) is 8.04. The molecule has 1 N–H and O–H groups in total. The average molecular weight is 334 g/mol. The maximum Gasteiger partial charge on any atom is 0.332 e. The van der Waals surface area contributed by atoms with E-state index in [2.05, 4.69) is 0 Å². The van der Waals surface area contributed by atoms with E-state index in [1.54, 1.807) is 12.1 Å². The molecule has 1 aliphatic carbocycles. The number of rotatable bonds is 7. The minimum Gasteiger partial charge on any atom is -0.486 e. The van der Waals surface area contributed by atoms with Crippen molar-refractivity contribution < 1.29 is 19.4 Å². The highest BCUT2D eigenvalue weighted by molar-refractivity contribution is 6.02. The summed E-state index contributed by atoms with van der Waals surface area (Å²) in [7, 11) is 0. The molecule has 2 aromatic carbocycles. The van der Waals surface area contributed by atoms with Gasteiger partial charge in [0.1, 0.15) is 12.4 Å². The van der Waals surface area contributed by atoms with Gasteiger partial charge < -0.3 is 9.84 Å². The normalized spacial score (nSPS) is 13.5. The van der Waals surface area contributed by atoms with Gasteiger partial charge in [-0.2, -0.15) is 0 Å². The molecule has 0 amide bonds. The van der Waals surface area contributed by atoms with E-state index in [1.165, 1.54) is 0 Å². The number of aliphatic carboxylic acids is 1. The van der Waals surface area contributed by atoms with Gasteiger partial charge >= 0.3 is 5.97 Å². The van der Waals surface area contributed by atoms with E-state index in [-0.39, 0.29) is 25.2 Å². The molecule has 0 unspecified atom stereocenters. The minimum absolute atomic E-state index is 0.0234. The fraction of sp³-hybridized carbons (Fsp3) is 0.143. The number of hydrogen-bond acceptors (Lipinski definition) is 3. The summed E-state index contributed by atoms with van der Waals surface area (Å²) < 4.78 is 5.46. The highest BCUT2D eigenvalue weighted by Gasteiger charge is 2.23. The van der Waals surface area contributed by atoms with Crippen LogP contribution >= 0.6 is 0 Å². The number of carboxylic acid groups (broad SMARTS) is 1. The highest BCUT2D eigenvalue weighted by atomic mass is 16.5. The third kappa shape index (κ3) is 4.23. The van der Waals surface area contributed by atoms with Crippen molar-refractivity contribution in [1.82, 2.24) is 0 Å². The summed E-state index contributed by atoms with van der Waals surface area (Å²) in [6, 6.07) is 18.5. The first-order valence-electron chi connectivity index (χ1n) is 8.04. The van der Waals surface area contributed by atoms with E-state index in [0.717, 1.165) is 11.1 Å². The molecular weight excluding hydrogens is 316 g/mol. The third-order valence-electron chi connectivity index (χ3n) is 3.99. The molecule has 4 nitrogen and oxygen atoms in total. The van der Waals surface area contributed by atoms with Gasteiger partial charge in [-0.15, -0.1) is 0 Å². The molecule has 0 radical (unpaired) electrons. The lowest BCUT2D eigenvalue weighted by Gasteiger charge is -2.06. The van der Waals surface area contributed by atoms with Crippen LogP contribution in [0.15, 0.2) is 77.9 Å². The molecule has 1 aliphatic rings. The van der Waals surface area contributed by atoms with Crippen LogP contribution < -0.4 is 4.74 Å². The zero-order valence-corrected chi connectivity index (χ0v) is 13.6. The molecule has 3 rings (SSSR count). The maximum absolute atomic E-state index is 12.2. The summed E-state index contributed by atoms with van der Waals surface area (Å²) in [5, 5.41) is 9.45. The second kappa shape index (κ2) is 7.62. The van der Waals surface area contributed by atoms with Gasteiger partial charge in [0.25, 0.3) is 0 Å². The van der Waals surface area contributed by atoms with Crippen molar-refractivity contribution in [2.75, 3.05) is 6.61 Å². The number of allylic oxidation sites excluding steroid dienone is 3. The molecule has 2 aromatic rings. The zero-order valence-electron chi connectivity index (χ0n) is 13.6. The van der Waals surface area contributed by atoms with Gasteiger partial charge in [-0.05, 0) is 23.3 Å². The molecule has 0 spiro atoms. The fourth-order valence-electron chi connectivity index (χ4n) is 2.83. The second-order valence-electron chi connectivity index (χ2n) is 5.86. The lowest BCUT2D eigenvalue weighted by atomic mass is 10.0. The number of carbonyl (C=O) groups excluding carboxylic acids is 1. The van der Waals surface area contributed by atoms with Crippen molar-refractivity contribution in [1.29, 1.82) is 0 Å². The number of hydrogen-bond donors (Lipinski definition) is 1. The molecule has 0 heterocycles. The van der Waals surface area contributed by atoms with Gasteiger partial charge in [-0.25, -0.2) is 4.79 Å². The number of Topliss-reactive ketones (excluding diaryl/α,β-unsaturated/α-hetero) is 1. The lowest BCUT2D eigenvalue weighted by Crippen LogP contribution is -2.12. The minimum atomic E-state index is -0.946. The van der Waals surface area contributed by atoms with Crippen LogP contribution in [0.5, 0.6) is 5.75 Å². The number of benzene rings is 2. The molecule has 0 saturated carbocycles. The highest BCUT2D eigenvalue weighted by Crippen LogP contribution is 2.34. The fourth-order valence-corrected chi connectivity index (χ4v) is 2.83. The van der Waals surface area contributed by atoms with Crippen LogP contribution in [0.1, 0.15) is 18.4 Å². The van der Waals surface area contributed by atoms with Crippen molar-refractivity contribution in [2.24, 2.45) is 0 Å². The topological polar surface area (TPSA) is 63.6 Å². The first kappa shape index (κ1) is 16.7. The van der Waals surface area contributed by atoms with Crippen LogP contribution in [0.3, 0.4) is 0 Å². The van der Waals surface area contributed by atoms with E-state index in [9.17, 15) is 14.7 Å². The maximum atomic E-state index is 12.2. The summed E-state index contributed by atoms with van der Waals surface area (Å²) in [4.78, 5) is 23.7. The largest absolute Gasteiger partial charge is 0.486 e. The number of carbonyl (C=O) groups is 2. The Kier molecular flexibility index (Phi) is 5.09. The Morgan fingerprint density at radius 3 is 2.24 bits per heavy atom. The van der Waals surface area contributed by atoms with E-state index in [4.69, 9.17) is 4.74 Å². The Hall–Kier alpha value is -3.14. The summed E-state index contributed by atoms with van der Waals surface area (Å²) in [5.41, 5.74) is 2.67.